The first-order valence-corrected chi connectivity index (χ1v) is 10.7. The lowest BCUT2D eigenvalue weighted by molar-refractivity contribution is -0.384. The van der Waals surface area contributed by atoms with Crippen LogP contribution in [0.1, 0.15) is 41.5 Å². The summed E-state index contributed by atoms with van der Waals surface area (Å²) >= 11 is 0. The highest BCUT2D eigenvalue weighted by atomic mass is 16.6. The zero-order valence-corrected chi connectivity index (χ0v) is 18.7. The Hall–Kier alpha value is -3.79. The van der Waals surface area contributed by atoms with Gasteiger partial charge >= 0.3 is 0 Å². The molecule has 33 heavy (non-hydrogen) atoms. The average molecular weight is 451 g/mol. The molecular weight excluding hydrogens is 426 g/mol. The van der Waals surface area contributed by atoms with Gasteiger partial charge in [-0.15, -0.1) is 0 Å². The van der Waals surface area contributed by atoms with E-state index in [0.717, 1.165) is 5.56 Å². The number of nitro groups is 1. The zero-order chi connectivity index (χ0) is 23.5. The summed E-state index contributed by atoms with van der Waals surface area (Å²) in [5.74, 6) is 0.493. The van der Waals surface area contributed by atoms with Crippen LogP contribution in [0.15, 0.2) is 40.9 Å². The van der Waals surface area contributed by atoms with E-state index in [2.05, 4.69) is 15.5 Å². The summed E-state index contributed by atoms with van der Waals surface area (Å²) in [6, 6.07) is 9.82. The van der Waals surface area contributed by atoms with Crippen LogP contribution >= 0.6 is 0 Å². The van der Waals surface area contributed by atoms with Gasteiger partial charge in [0.25, 0.3) is 17.5 Å². The molecule has 172 valence electrons. The van der Waals surface area contributed by atoms with Crippen LogP contribution in [0.25, 0.3) is 11.5 Å². The largest absolute Gasteiger partial charge is 0.378 e. The molecule has 4 rings (SSSR count). The first-order chi connectivity index (χ1) is 15.8. The summed E-state index contributed by atoms with van der Waals surface area (Å²) < 4.78 is 10.8. The molecule has 1 N–H and O–H groups in total. The van der Waals surface area contributed by atoms with Crippen molar-refractivity contribution in [2.75, 3.05) is 36.5 Å². The third-order valence-electron chi connectivity index (χ3n) is 5.49. The van der Waals surface area contributed by atoms with Crippen molar-refractivity contribution in [1.82, 2.24) is 10.1 Å². The van der Waals surface area contributed by atoms with E-state index in [0.29, 0.717) is 55.0 Å². The monoisotopic (exact) mass is 451 g/mol. The summed E-state index contributed by atoms with van der Waals surface area (Å²) in [4.78, 5) is 30.8. The van der Waals surface area contributed by atoms with Crippen LogP contribution < -0.4 is 10.2 Å². The highest BCUT2D eigenvalue weighted by Crippen LogP contribution is 2.33. The molecule has 2 aromatic carbocycles. The van der Waals surface area contributed by atoms with Gasteiger partial charge in [-0.05, 0) is 24.6 Å². The van der Waals surface area contributed by atoms with Crippen LogP contribution in [-0.4, -0.2) is 47.3 Å². The van der Waals surface area contributed by atoms with E-state index < -0.39 is 10.8 Å². The molecule has 0 saturated carbocycles. The van der Waals surface area contributed by atoms with Crippen molar-refractivity contribution in [3.8, 4) is 11.5 Å². The van der Waals surface area contributed by atoms with Crippen LogP contribution in [0.4, 0.5) is 17.1 Å². The van der Waals surface area contributed by atoms with E-state index in [1.165, 1.54) is 12.1 Å². The highest BCUT2D eigenvalue weighted by Gasteiger charge is 2.24. The standard InChI is InChI=1S/C23H25N5O5/c1-14(2)21-25-23(33-26-21)17-6-4-5-15(3)20(17)24-22(29)18-13-16(28(30)31)7-8-19(18)27-9-11-32-12-10-27/h4-8,13-14H,9-12H2,1-3H3,(H,24,29). The Kier molecular flexibility index (Phi) is 6.36. The Bertz CT molecular complexity index is 1180. The molecule has 0 bridgehead atoms. The second kappa shape index (κ2) is 9.37. The SMILES string of the molecule is Cc1cccc(-c2nc(C(C)C)no2)c1NC(=O)c1cc([N+](=O)[O-])ccc1N1CCOCC1. The van der Waals surface area contributed by atoms with Crippen molar-refractivity contribution in [3.63, 3.8) is 0 Å². The van der Waals surface area contributed by atoms with Gasteiger partial charge in [0.1, 0.15) is 0 Å². The third kappa shape index (κ3) is 4.70. The molecule has 1 aliphatic rings. The number of amides is 1. The van der Waals surface area contributed by atoms with Crippen LogP contribution in [0, 0.1) is 17.0 Å². The second-order valence-electron chi connectivity index (χ2n) is 8.12. The van der Waals surface area contributed by atoms with Crippen LogP contribution in [-0.2, 0) is 4.74 Å². The minimum Gasteiger partial charge on any atom is -0.378 e. The van der Waals surface area contributed by atoms with E-state index in [1.54, 1.807) is 12.1 Å². The molecule has 10 nitrogen and oxygen atoms in total. The number of non-ortho nitro benzene ring substituents is 1. The van der Waals surface area contributed by atoms with Crippen molar-refractivity contribution in [2.45, 2.75) is 26.7 Å². The first kappa shape index (κ1) is 22.4. The predicted octanol–water partition coefficient (Wildman–Crippen LogP) is 4.17. The number of morpholine rings is 1. The molecule has 0 spiro atoms. The van der Waals surface area contributed by atoms with Gasteiger partial charge < -0.3 is 19.5 Å². The average Bonchev–Trinajstić information content (AvgIpc) is 3.31. The van der Waals surface area contributed by atoms with Gasteiger partial charge in [-0.2, -0.15) is 4.98 Å². The Morgan fingerprint density at radius 3 is 2.64 bits per heavy atom. The Balaban J connectivity index is 1.72. The summed E-state index contributed by atoms with van der Waals surface area (Å²) in [6.45, 7) is 8.01. The molecule has 1 aliphatic heterocycles. The van der Waals surface area contributed by atoms with Crippen LogP contribution in [0.5, 0.6) is 0 Å². The van der Waals surface area contributed by atoms with E-state index in [-0.39, 0.29) is 17.2 Å². The summed E-state index contributed by atoms with van der Waals surface area (Å²) in [5, 5.41) is 18.3. The number of nitro benzene ring substituents is 1. The summed E-state index contributed by atoms with van der Waals surface area (Å²) in [6.07, 6.45) is 0. The van der Waals surface area contributed by atoms with Crippen molar-refractivity contribution < 1.29 is 19.0 Å². The van der Waals surface area contributed by atoms with Crippen LogP contribution in [0.3, 0.4) is 0 Å². The molecule has 2 heterocycles. The predicted molar refractivity (Wildman–Crippen MR) is 123 cm³/mol. The second-order valence-corrected chi connectivity index (χ2v) is 8.12. The molecule has 3 aromatic rings. The molecule has 1 aromatic heterocycles. The fourth-order valence-electron chi connectivity index (χ4n) is 3.67. The lowest BCUT2D eigenvalue weighted by atomic mass is 10.1. The number of carbonyl (C=O) groups excluding carboxylic acids is 1. The number of carbonyl (C=O) groups is 1. The molecule has 10 heteroatoms. The van der Waals surface area contributed by atoms with Crippen molar-refractivity contribution in [3.05, 3.63) is 63.5 Å². The molecular formula is C23H25N5O5. The number of aryl methyl sites for hydroxylation is 1. The number of anilines is 2. The maximum Gasteiger partial charge on any atom is 0.270 e. The molecule has 1 amide bonds. The van der Waals surface area contributed by atoms with Gasteiger partial charge in [0.2, 0.25) is 0 Å². The van der Waals surface area contributed by atoms with Crippen molar-refractivity contribution in [1.29, 1.82) is 0 Å². The number of nitrogens with zero attached hydrogens (tertiary/aromatic N) is 4. The minimum atomic E-state index is -0.509. The molecule has 0 atom stereocenters. The Morgan fingerprint density at radius 2 is 1.97 bits per heavy atom. The Morgan fingerprint density at radius 1 is 1.21 bits per heavy atom. The molecule has 0 radical (unpaired) electrons. The normalized spacial score (nSPS) is 13.9. The van der Waals surface area contributed by atoms with Crippen molar-refractivity contribution in [2.24, 2.45) is 0 Å². The van der Waals surface area contributed by atoms with E-state index >= 15 is 0 Å². The maximum atomic E-state index is 13.4. The lowest BCUT2D eigenvalue weighted by Gasteiger charge is -2.30. The number of hydrogen-bond acceptors (Lipinski definition) is 8. The summed E-state index contributed by atoms with van der Waals surface area (Å²) in [7, 11) is 0. The van der Waals surface area contributed by atoms with Crippen LogP contribution in [0.2, 0.25) is 0 Å². The number of hydrogen-bond donors (Lipinski definition) is 1. The van der Waals surface area contributed by atoms with Gasteiger partial charge in [0.15, 0.2) is 5.82 Å². The fourth-order valence-corrected chi connectivity index (χ4v) is 3.67. The first-order valence-electron chi connectivity index (χ1n) is 10.7. The van der Waals surface area contributed by atoms with E-state index in [4.69, 9.17) is 9.26 Å². The molecule has 1 saturated heterocycles. The lowest BCUT2D eigenvalue weighted by Crippen LogP contribution is -2.37. The summed E-state index contributed by atoms with van der Waals surface area (Å²) in [5.41, 5.74) is 2.58. The number of benzene rings is 2. The Labute approximate surface area is 190 Å². The molecule has 0 aliphatic carbocycles. The number of ether oxygens (including phenoxy) is 1. The number of para-hydroxylation sites is 1. The fraction of sp³-hybridized carbons (Fsp3) is 0.348. The van der Waals surface area contributed by atoms with Gasteiger partial charge in [-0.1, -0.05) is 31.1 Å². The van der Waals surface area contributed by atoms with E-state index in [9.17, 15) is 14.9 Å². The number of nitrogens with one attached hydrogen (secondary N) is 1. The highest BCUT2D eigenvalue weighted by molar-refractivity contribution is 6.10. The number of rotatable bonds is 6. The molecule has 0 unspecified atom stereocenters. The van der Waals surface area contributed by atoms with E-state index in [1.807, 2.05) is 37.8 Å². The van der Waals surface area contributed by atoms with Gasteiger partial charge in [0, 0.05) is 31.1 Å². The smallest absolute Gasteiger partial charge is 0.270 e. The third-order valence-corrected chi connectivity index (χ3v) is 5.49. The zero-order valence-electron chi connectivity index (χ0n) is 18.7. The quantitative estimate of drug-likeness (QED) is 0.438. The van der Waals surface area contributed by atoms with Crippen molar-refractivity contribution >= 4 is 23.0 Å². The topological polar surface area (TPSA) is 124 Å². The molecule has 1 fully saturated rings. The van der Waals surface area contributed by atoms with Gasteiger partial charge in [-0.25, -0.2) is 0 Å². The van der Waals surface area contributed by atoms with Gasteiger partial charge in [-0.3, -0.25) is 14.9 Å². The number of aromatic nitrogens is 2. The minimum absolute atomic E-state index is 0.0892. The van der Waals surface area contributed by atoms with Gasteiger partial charge in [0.05, 0.1) is 40.6 Å². The maximum absolute atomic E-state index is 13.4.